The van der Waals surface area contributed by atoms with E-state index in [0.29, 0.717) is 11.8 Å². The van der Waals surface area contributed by atoms with Crippen LogP contribution in [0.15, 0.2) is 42.7 Å². The van der Waals surface area contributed by atoms with E-state index >= 15 is 0 Å². The summed E-state index contributed by atoms with van der Waals surface area (Å²) in [7, 11) is 0. The van der Waals surface area contributed by atoms with Crippen molar-refractivity contribution in [3.8, 4) is 11.3 Å². The predicted molar refractivity (Wildman–Crippen MR) is 72.9 cm³/mol. The molecule has 5 heteroatoms. The van der Waals surface area contributed by atoms with Crippen molar-refractivity contribution in [3.63, 3.8) is 0 Å². The van der Waals surface area contributed by atoms with Crippen LogP contribution >= 0.6 is 0 Å². The largest absolute Gasteiger partial charge is 0.367 e. The molecule has 2 heterocycles. The Morgan fingerprint density at radius 3 is 2.79 bits per heavy atom. The van der Waals surface area contributed by atoms with Crippen LogP contribution in [0.2, 0.25) is 0 Å². The molecule has 0 atom stereocenters. The van der Waals surface area contributed by atoms with Gasteiger partial charge in [0.15, 0.2) is 0 Å². The minimum absolute atomic E-state index is 0.568. The molecule has 0 saturated heterocycles. The van der Waals surface area contributed by atoms with E-state index in [0.717, 1.165) is 17.1 Å². The molecule has 2 aromatic heterocycles. The van der Waals surface area contributed by atoms with Crippen LogP contribution in [0.1, 0.15) is 12.8 Å². The maximum atomic E-state index is 4.54. The first kappa shape index (κ1) is 10.5. The van der Waals surface area contributed by atoms with Crippen molar-refractivity contribution >= 4 is 11.6 Å². The highest BCUT2D eigenvalue weighted by atomic mass is 15.4. The monoisotopic (exact) mass is 251 g/mol. The van der Waals surface area contributed by atoms with Gasteiger partial charge in [-0.3, -0.25) is 0 Å². The molecule has 0 aliphatic heterocycles. The van der Waals surface area contributed by atoms with E-state index in [1.165, 1.54) is 19.2 Å². The third-order valence-electron chi connectivity index (χ3n) is 3.25. The number of nitrogens with one attached hydrogen (secondary N) is 1. The van der Waals surface area contributed by atoms with Gasteiger partial charge in [-0.1, -0.05) is 30.3 Å². The van der Waals surface area contributed by atoms with Crippen molar-refractivity contribution in [1.29, 1.82) is 0 Å². The zero-order chi connectivity index (χ0) is 12.7. The third-order valence-corrected chi connectivity index (χ3v) is 3.25. The van der Waals surface area contributed by atoms with Crippen LogP contribution in [0, 0.1) is 0 Å². The number of hydrogen-bond acceptors (Lipinski definition) is 4. The van der Waals surface area contributed by atoms with Gasteiger partial charge in [0.05, 0.1) is 5.69 Å². The number of benzene rings is 1. The second-order valence-electron chi connectivity index (χ2n) is 4.78. The van der Waals surface area contributed by atoms with Crippen LogP contribution in [0.5, 0.6) is 0 Å². The molecule has 1 N–H and O–H groups in total. The lowest BCUT2D eigenvalue weighted by Gasteiger charge is -2.08. The minimum atomic E-state index is 0.568. The number of rotatable bonds is 3. The molecule has 3 aromatic rings. The highest BCUT2D eigenvalue weighted by Gasteiger charge is 2.22. The number of aromatic nitrogens is 4. The lowest BCUT2D eigenvalue weighted by molar-refractivity contribution is 0.925. The fraction of sp³-hybridized carbons (Fsp3) is 0.214. The summed E-state index contributed by atoms with van der Waals surface area (Å²) in [5, 5.41) is 7.69. The summed E-state index contributed by atoms with van der Waals surface area (Å²) in [6.45, 7) is 0. The molecule has 1 aromatic carbocycles. The van der Waals surface area contributed by atoms with E-state index in [1.54, 1.807) is 4.52 Å². The molecule has 19 heavy (non-hydrogen) atoms. The molecule has 4 rings (SSSR count). The van der Waals surface area contributed by atoms with Crippen LogP contribution in [-0.4, -0.2) is 25.6 Å². The van der Waals surface area contributed by atoms with Gasteiger partial charge in [0, 0.05) is 17.7 Å². The van der Waals surface area contributed by atoms with Gasteiger partial charge in [-0.25, -0.2) is 4.98 Å². The van der Waals surface area contributed by atoms with Crippen LogP contribution in [-0.2, 0) is 0 Å². The average Bonchev–Trinajstić information content (AvgIpc) is 3.14. The smallest absolute Gasteiger partial charge is 0.254 e. The molecule has 0 spiro atoms. The Balaban J connectivity index is 1.87. The Morgan fingerprint density at radius 2 is 2.00 bits per heavy atom. The van der Waals surface area contributed by atoms with Crippen molar-refractivity contribution < 1.29 is 0 Å². The lowest BCUT2D eigenvalue weighted by Crippen LogP contribution is -2.08. The molecule has 0 unspecified atom stereocenters. The zero-order valence-corrected chi connectivity index (χ0v) is 10.3. The van der Waals surface area contributed by atoms with Crippen LogP contribution < -0.4 is 5.32 Å². The van der Waals surface area contributed by atoms with E-state index < -0.39 is 0 Å². The van der Waals surface area contributed by atoms with E-state index in [2.05, 4.69) is 32.5 Å². The molecule has 94 valence electrons. The fourth-order valence-electron chi connectivity index (χ4n) is 2.11. The van der Waals surface area contributed by atoms with Crippen molar-refractivity contribution in [2.24, 2.45) is 0 Å². The fourth-order valence-corrected chi connectivity index (χ4v) is 2.11. The van der Waals surface area contributed by atoms with Crippen molar-refractivity contribution in [3.05, 3.63) is 42.7 Å². The summed E-state index contributed by atoms with van der Waals surface area (Å²) >= 11 is 0. The summed E-state index contributed by atoms with van der Waals surface area (Å²) in [4.78, 5) is 8.74. The SMILES string of the molecule is c1ccc(-c2cc(NC3CC3)n3ncnc3n2)cc1. The standard InChI is InChI=1S/C14H13N5/c1-2-4-10(5-3-1)12-8-13(17-11-6-7-11)19-14(18-12)15-9-16-19/h1-5,8-9,11,17H,6-7H2. The van der Waals surface area contributed by atoms with Crippen molar-refractivity contribution in [2.75, 3.05) is 5.32 Å². The molecule has 1 aliphatic rings. The van der Waals surface area contributed by atoms with E-state index in [-0.39, 0.29) is 0 Å². The highest BCUT2D eigenvalue weighted by Crippen LogP contribution is 2.27. The number of anilines is 1. The lowest BCUT2D eigenvalue weighted by atomic mass is 10.1. The second-order valence-corrected chi connectivity index (χ2v) is 4.78. The molecule has 5 nitrogen and oxygen atoms in total. The molecule has 1 fully saturated rings. The minimum Gasteiger partial charge on any atom is -0.367 e. The average molecular weight is 251 g/mol. The van der Waals surface area contributed by atoms with E-state index in [1.807, 2.05) is 24.3 Å². The van der Waals surface area contributed by atoms with E-state index in [9.17, 15) is 0 Å². The third kappa shape index (κ3) is 1.93. The first-order valence-corrected chi connectivity index (χ1v) is 6.43. The van der Waals surface area contributed by atoms with Crippen molar-refractivity contribution in [2.45, 2.75) is 18.9 Å². The Kier molecular flexibility index (Phi) is 2.24. The summed E-state index contributed by atoms with van der Waals surface area (Å²) in [5.74, 6) is 1.59. The van der Waals surface area contributed by atoms with Crippen molar-refractivity contribution in [1.82, 2.24) is 19.6 Å². The Labute approximate surface area is 110 Å². The number of fused-ring (bicyclic) bond motifs is 1. The predicted octanol–water partition coefficient (Wildman–Crippen LogP) is 2.37. The Bertz CT molecular complexity index is 715. The second kappa shape index (κ2) is 4.05. The van der Waals surface area contributed by atoms with Crippen LogP contribution in [0.4, 0.5) is 5.82 Å². The normalized spacial score (nSPS) is 14.7. The first-order valence-electron chi connectivity index (χ1n) is 6.43. The Morgan fingerprint density at radius 1 is 1.16 bits per heavy atom. The van der Waals surface area contributed by atoms with Gasteiger partial charge in [-0.2, -0.15) is 14.6 Å². The summed E-state index contributed by atoms with van der Waals surface area (Å²) in [5.41, 5.74) is 2.01. The zero-order valence-electron chi connectivity index (χ0n) is 10.3. The molecule has 1 aliphatic carbocycles. The van der Waals surface area contributed by atoms with Gasteiger partial charge < -0.3 is 5.32 Å². The molecule has 1 saturated carbocycles. The van der Waals surface area contributed by atoms with Gasteiger partial charge in [-0.15, -0.1) is 0 Å². The maximum Gasteiger partial charge on any atom is 0.254 e. The van der Waals surface area contributed by atoms with Gasteiger partial charge in [0.25, 0.3) is 5.78 Å². The van der Waals surface area contributed by atoms with Gasteiger partial charge >= 0.3 is 0 Å². The van der Waals surface area contributed by atoms with Gasteiger partial charge in [-0.05, 0) is 12.8 Å². The van der Waals surface area contributed by atoms with E-state index in [4.69, 9.17) is 0 Å². The number of hydrogen-bond donors (Lipinski definition) is 1. The van der Waals surface area contributed by atoms with Crippen LogP contribution in [0.25, 0.3) is 17.0 Å². The quantitative estimate of drug-likeness (QED) is 0.776. The molecular formula is C14H13N5. The first-order chi connectivity index (χ1) is 9.40. The highest BCUT2D eigenvalue weighted by molar-refractivity contribution is 5.65. The molecular weight excluding hydrogens is 238 g/mol. The molecule has 0 radical (unpaired) electrons. The Hall–Kier alpha value is -2.43. The molecule has 0 amide bonds. The summed E-state index contributed by atoms with van der Waals surface area (Å²) in [6.07, 6.45) is 3.98. The maximum absolute atomic E-state index is 4.54. The number of nitrogens with zero attached hydrogens (tertiary/aromatic N) is 4. The van der Waals surface area contributed by atoms with Gasteiger partial charge in [0.2, 0.25) is 0 Å². The summed E-state index contributed by atoms with van der Waals surface area (Å²) < 4.78 is 1.75. The topological polar surface area (TPSA) is 55.1 Å². The van der Waals surface area contributed by atoms with Crippen LogP contribution in [0.3, 0.4) is 0 Å². The summed E-state index contributed by atoms with van der Waals surface area (Å²) in [6, 6.07) is 12.7. The molecule has 0 bridgehead atoms. The van der Waals surface area contributed by atoms with Gasteiger partial charge in [0.1, 0.15) is 12.1 Å².